The van der Waals surface area contributed by atoms with Crippen molar-refractivity contribution in [1.29, 1.82) is 0 Å². The number of rotatable bonds is 30. The molecule has 0 unspecified atom stereocenters. The number of nitrogens with zero attached hydrogens (tertiary/aromatic N) is 5. The summed E-state index contributed by atoms with van der Waals surface area (Å²) in [6.07, 6.45) is 4.47. The largest absolute Gasteiger partial charge is 0.497 e. The first kappa shape index (κ1) is 97.8. The predicted octanol–water partition coefficient (Wildman–Crippen LogP) is 15.6. The minimum atomic E-state index is -0.948. The average Bonchev–Trinajstić information content (AvgIpc) is 1.60. The Balaban J connectivity index is 0.000000214. The second-order valence-corrected chi connectivity index (χ2v) is 30.1. The van der Waals surface area contributed by atoms with E-state index in [1.54, 1.807) is 68.0 Å². The van der Waals surface area contributed by atoms with Gasteiger partial charge < -0.3 is 87.2 Å². The lowest BCUT2D eigenvalue weighted by Gasteiger charge is -2.29. The Kier molecular flexibility index (Phi) is 40.8. The number of carbonyl (C=O) groups is 5. The van der Waals surface area contributed by atoms with Gasteiger partial charge >= 0.3 is 23.9 Å². The first-order valence-corrected chi connectivity index (χ1v) is 41.6. The normalized spacial score (nSPS) is 21.1. The van der Waals surface area contributed by atoms with Gasteiger partial charge in [-0.2, -0.15) is 0 Å². The molecule has 122 heavy (non-hydrogen) atoms. The van der Waals surface area contributed by atoms with Crippen molar-refractivity contribution in [2.75, 3.05) is 137 Å². The summed E-state index contributed by atoms with van der Waals surface area (Å²) in [5.74, 6) is 2.46. The molecule has 0 spiro atoms. The molecule has 662 valence electrons. The van der Waals surface area contributed by atoms with Gasteiger partial charge in [0.15, 0.2) is 23.0 Å². The van der Waals surface area contributed by atoms with Crippen molar-refractivity contribution >= 4 is 29.8 Å². The number of carboxylic acid groups (broad SMARTS) is 4. The number of methoxy groups -OCH3 is 8. The lowest BCUT2D eigenvalue weighted by Crippen LogP contribution is -2.45. The molecule has 0 bridgehead atoms. The van der Waals surface area contributed by atoms with Crippen LogP contribution < -0.4 is 52.1 Å². The van der Waals surface area contributed by atoms with E-state index in [0.717, 1.165) is 108 Å². The molecular weight excluding hydrogens is 1560 g/mol. The molecule has 26 nitrogen and oxygen atoms in total. The van der Waals surface area contributed by atoms with Crippen molar-refractivity contribution in [2.24, 2.45) is 23.7 Å². The van der Waals surface area contributed by atoms with Gasteiger partial charge in [-0.1, -0.05) is 138 Å². The summed E-state index contributed by atoms with van der Waals surface area (Å²) >= 11 is 0. The van der Waals surface area contributed by atoms with Crippen LogP contribution in [0.5, 0.6) is 63.2 Å². The number of hydroxylamine groups is 2. The summed E-state index contributed by atoms with van der Waals surface area (Å²) < 4.78 is 58.3. The van der Waals surface area contributed by atoms with Gasteiger partial charge in [-0.15, -0.1) is 0 Å². The summed E-state index contributed by atoms with van der Waals surface area (Å²) in [7, 11) is 19.0. The Morgan fingerprint density at radius 1 is 0.377 bits per heavy atom. The minimum absolute atomic E-state index is 0.0189. The van der Waals surface area contributed by atoms with Crippen LogP contribution in [0, 0.1) is 23.7 Å². The SMILES string of the molecule is CCCON(CCC)C(=O)CN1C[C@H](c2cc(OC)c3c(c2)OCO3)[C@@H](C(=O)O)[C@@H]1CCOc1ccccc1OC.CC[C@H]1[C@H](C(=O)O)[C@@H](c2ccc(OC)cc2)CN1C.CC[C@H]1[C@H](C(=O)O)[C@@H](c2ccc(OC)cc2)CN1C.CC[C@H]1[C@H](C(=O)O)[C@@H](c2ccc(OC)cc2)CN1C.COc1ccccc1.COc1ccccc1.COc1ccccc1. The van der Waals surface area contributed by atoms with Gasteiger partial charge in [-0.3, -0.25) is 33.7 Å². The number of benzene rings is 8. The molecule has 0 radical (unpaired) electrons. The number of amides is 1. The lowest BCUT2D eigenvalue weighted by molar-refractivity contribution is -0.188. The zero-order valence-electron chi connectivity index (χ0n) is 73.6. The summed E-state index contributed by atoms with van der Waals surface area (Å²) in [6.45, 7) is 14.0. The van der Waals surface area contributed by atoms with Crippen LogP contribution >= 0.6 is 0 Å². The highest BCUT2D eigenvalue weighted by Crippen LogP contribution is 2.48. The Morgan fingerprint density at radius 2 is 0.721 bits per heavy atom. The molecule has 5 heterocycles. The summed E-state index contributed by atoms with van der Waals surface area (Å²) in [6, 6.07) is 63.1. The van der Waals surface area contributed by atoms with Crippen molar-refractivity contribution in [3.63, 3.8) is 0 Å². The van der Waals surface area contributed by atoms with E-state index in [1.165, 1.54) is 12.2 Å². The van der Waals surface area contributed by atoms with Crippen LogP contribution in [0.2, 0.25) is 0 Å². The van der Waals surface area contributed by atoms with Gasteiger partial charge in [0, 0.05) is 80.6 Å². The molecular formula is C96H127N5O21. The topological polar surface area (TPSA) is 293 Å². The van der Waals surface area contributed by atoms with Crippen LogP contribution in [0.1, 0.15) is 119 Å². The number of ether oxygens (including phenoxy) is 11. The standard InChI is InChI=1S/C30H40N2O9.3C15H21NO3.3C7H8O/c1-5-12-32(41-13-6-2)27(33)18-31-17-21(20-15-25(37-4)29-26(16-20)39-19-40-29)28(30(34)35)22(31)11-14-38-24-10-8-7-9-23(24)36-3;3*1-4-13-14(15(17)18)12(9-16(13)2)10-5-7-11(19-3)8-6-10;3*1-8-7-5-3-2-4-6-7/h7-10,15-16,21-22,28H,5-6,11-14,17-19H2,1-4H3,(H,34,35);3*5-8,12-14H,4,9H2,1-3H3,(H,17,18);3*2-6H,1H3/t21-,22+,28-;3*12-,13+,14-;;;/m1111.../s1. The van der Waals surface area contributed by atoms with Gasteiger partial charge in [-0.05, 0) is 179 Å². The number of hydrogen-bond acceptors (Lipinski definition) is 21. The second-order valence-electron chi connectivity index (χ2n) is 30.1. The fourth-order valence-electron chi connectivity index (χ4n) is 16.7. The Morgan fingerprint density at radius 3 is 1.05 bits per heavy atom. The van der Waals surface area contributed by atoms with E-state index in [0.29, 0.717) is 54.9 Å². The molecule has 4 saturated heterocycles. The molecule has 0 aliphatic carbocycles. The van der Waals surface area contributed by atoms with Gasteiger partial charge in [0.25, 0.3) is 5.91 Å². The monoisotopic (exact) mass is 1690 g/mol. The van der Waals surface area contributed by atoms with Crippen LogP contribution in [-0.4, -0.2) is 236 Å². The highest BCUT2D eigenvalue weighted by molar-refractivity contribution is 5.79. The van der Waals surface area contributed by atoms with E-state index in [-0.39, 0.29) is 79.5 Å². The van der Waals surface area contributed by atoms with E-state index in [2.05, 4.69) is 14.7 Å². The number of aliphatic carboxylic acids is 4. The molecule has 5 aliphatic heterocycles. The first-order chi connectivity index (χ1) is 58.9. The molecule has 8 aromatic carbocycles. The molecule has 13 rings (SSSR count). The Hall–Kier alpha value is -11.3. The van der Waals surface area contributed by atoms with Crippen molar-refractivity contribution in [1.82, 2.24) is 24.7 Å². The fourth-order valence-corrected chi connectivity index (χ4v) is 16.7. The Labute approximate surface area is 719 Å². The first-order valence-electron chi connectivity index (χ1n) is 41.6. The number of carbonyl (C=O) groups excluding carboxylic acids is 1. The number of likely N-dealkylation sites (tertiary alicyclic amines) is 4. The maximum Gasteiger partial charge on any atom is 0.308 e. The molecule has 12 atom stereocenters. The number of para-hydroxylation sites is 5. The predicted molar refractivity (Wildman–Crippen MR) is 469 cm³/mol. The summed E-state index contributed by atoms with van der Waals surface area (Å²) in [5, 5.41) is 40.4. The number of carboxylic acids is 4. The quantitative estimate of drug-likeness (QED) is 0.0304. The summed E-state index contributed by atoms with van der Waals surface area (Å²) in [4.78, 5) is 75.1. The molecule has 4 N–H and O–H groups in total. The van der Waals surface area contributed by atoms with Crippen LogP contribution in [0.25, 0.3) is 0 Å². The summed E-state index contributed by atoms with van der Waals surface area (Å²) in [5.41, 5.74) is 3.99. The number of likely N-dealkylation sites (N-methyl/N-ethyl adjacent to an activating group) is 3. The van der Waals surface area contributed by atoms with E-state index < -0.39 is 41.8 Å². The van der Waals surface area contributed by atoms with E-state index in [4.69, 9.17) is 56.9 Å². The Bertz CT molecular complexity index is 4100. The zero-order valence-corrected chi connectivity index (χ0v) is 73.6. The smallest absolute Gasteiger partial charge is 0.308 e. The van der Waals surface area contributed by atoms with Crippen molar-refractivity contribution in [3.8, 4) is 63.2 Å². The van der Waals surface area contributed by atoms with Crippen molar-refractivity contribution < 1.29 is 101 Å². The van der Waals surface area contributed by atoms with E-state index in [9.17, 15) is 44.4 Å². The second kappa shape index (κ2) is 50.8. The molecule has 4 fully saturated rings. The molecule has 5 aliphatic rings. The zero-order chi connectivity index (χ0) is 88.8. The van der Waals surface area contributed by atoms with Gasteiger partial charge in [-0.25, -0.2) is 5.06 Å². The molecule has 8 aromatic rings. The van der Waals surface area contributed by atoms with Crippen LogP contribution in [0.15, 0.2) is 200 Å². The fraction of sp³-hybridized carbons (Fsp3) is 0.448. The third kappa shape index (κ3) is 27.4. The van der Waals surface area contributed by atoms with Crippen molar-refractivity contribution in [3.05, 3.63) is 222 Å². The minimum Gasteiger partial charge on any atom is -0.497 e. The number of hydrogen-bond donors (Lipinski definition) is 4. The maximum absolute atomic E-state index is 13.4. The van der Waals surface area contributed by atoms with Gasteiger partial charge in [0.1, 0.15) is 34.5 Å². The molecule has 26 heteroatoms. The molecule has 0 saturated carbocycles. The molecule has 1 amide bonds. The maximum atomic E-state index is 13.4. The lowest BCUT2D eigenvalue weighted by atomic mass is 9.84. The van der Waals surface area contributed by atoms with E-state index >= 15 is 0 Å². The van der Waals surface area contributed by atoms with E-state index in [1.807, 2.05) is 243 Å². The van der Waals surface area contributed by atoms with Crippen molar-refractivity contribution in [2.45, 2.75) is 121 Å². The average molecular weight is 1690 g/mol. The highest BCUT2D eigenvalue weighted by atomic mass is 16.7. The highest BCUT2D eigenvalue weighted by Gasteiger charge is 2.50. The van der Waals surface area contributed by atoms with Crippen LogP contribution in [0.3, 0.4) is 0 Å². The third-order valence-electron chi connectivity index (χ3n) is 22.8. The number of fused-ring (bicyclic) bond motifs is 1. The molecule has 0 aromatic heterocycles. The van der Waals surface area contributed by atoms with Crippen LogP contribution in [-0.2, 0) is 28.8 Å². The van der Waals surface area contributed by atoms with Gasteiger partial charge in [0.2, 0.25) is 12.5 Å². The van der Waals surface area contributed by atoms with Gasteiger partial charge in [0.05, 0.1) is 100 Å². The van der Waals surface area contributed by atoms with Crippen LogP contribution in [0.4, 0.5) is 0 Å². The third-order valence-corrected chi connectivity index (χ3v) is 22.8.